The van der Waals surface area contributed by atoms with Gasteiger partial charge in [0.15, 0.2) is 0 Å². The molecule has 1 atom stereocenters. The minimum atomic E-state index is -1.30. The Kier molecular flexibility index (Phi) is 3.03. The van der Waals surface area contributed by atoms with E-state index in [0.717, 1.165) is 5.56 Å². The van der Waals surface area contributed by atoms with E-state index in [0.29, 0.717) is 34.9 Å². The molecular weight excluding hydrogens is 306 g/mol. The minimum absolute atomic E-state index is 0.274. The molecule has 0 radical (unpaired) electrons. The third-order valence-corrected chi connectivity index (χ3v) is 4.43. The van der Waals surface area contributed by atoms with E-state index < -0.39 is 5.66 Å². The molecule has 6 nitrogen and oxygen atoms in total. The summed E-state index contributed by atoms with van der Waals surface area (Å²) in [6.45, 7) is 4.35. The van der Waals surface area contributed by atoms with Crippen LogP contribution in [-0.4, -0.2) is 18.4 Å². The molecule has 6 heteroatoms. The molecule has 0 aromatic heterocycles. The maximum atomic E-state index is 12.7. The highest BCUT2D eigenvalue weighted by Gasteiger charge is 2.51. The van der Waals surface area contributed by atoms with Crippen molar-refractivity contribution in [2.45, 2.75) is 19.5 Å². The summed E-state index contributed by atoms with van der Waals surface area (Å²) in [5.74, 6) is 0.0880. The average Bonchev–Trinajstić information content (AvgIpc) is 2.80. The molecular formula is C18H17N3O3. The van der Waals surface area contributed by atoms with Crippen LogP contribution in [0.5, 0.6) is 5.75 Å². The van der Waals surface area contributed by atoms with E-state index in [2.05, 4.69) is 16.0 Å². The Morgan fingerprint density at radius 3 is 2.75 bits per heavy atom. The second-order valence-corrected chi connectivity index (χ2v) is 5.92. The van der Waals surface area contributed by atoms with Gasteiger partial charge in [-0.15, -0.1) is 0 Å². The molecule has 0 bridgehead atoms. The number of amides is 2. The summed E-state index contributed by atoms with van der Waals surface area (Å²) >= 11 is 0. The van der Waals surface area contributed by atoms with E-state index in [4.69, 9.17) is 4.74 Å². The lowest BCUT2D eigenvalue weighted by atomic mass is 9.94. The van der Waals surface area contributed by atoms with Crippen molar-refractivity contribution in [3.8, 4) is 5.75 Å². The number of carbonyl (C=O) groups is 2. The van der Waals surface area contributed by atoms with Crippen LogP contribution in [0.3, 0.4) is 0 Å². The minimum Gasteiger partial charge on any atom is -0.494 e. The molecule has 1 unspecified atom stereocenters. The number of rotatable bonds is 2. The van der Waals surface area contributed by atoms with Crippen molar-refractivity contribution < 1.29 is 14.3 Å². The van der Waals surface area contributed by atoms with E-state index in [9.17, 15) is 9.59 Å². The predicted octanol–water partition coefficient (Wildman–Crippen LogP) is 2.35. The molecule has 4 rings (SSSR count). The number of nitrogens with one attached hydrogen (secondary N) is 3. The maximum absolute atomic E-state index is 12.7. The zero-order valence-electron chi connectivity index (χ0n) is 13.4. The number of hydrogen-bond acceptors (Lipinski definition) is 4. The first-order chi connectivity index (χ1) is 11.5. The number of hydrogen-bond donors (Lipinski definition) is 3. The van der Waals surface area contributed by atoms with Gasteiger partial charge in [-0.2, -0.15) is 0 Å². The van der Waals surface area contributed by atoms with Gasteiger partial charge in [-0.1, -0.05) is 12.1 Å². The van der Waals surface area contributed by atoms with Gasteiger partial charge in [0.25, 0.3) is 11.8 Å². The molecule has 3 N–H and O–H groups in total. The number of anilines is 2. The van der Waals surface area contributed by atoms with Crippen LogP contribution in [0.4, 0.5) is 11.4 Å². The van der Waals surface area contributed by atoms with E-state index >= 15 is 0 Å². The second kappa shape index (κ2) is 4.99. The Morgan fingerprint density at radius 2 is 1.96 bits per heavy atom. The molecule has 2 aliphatic rings. The van der Waals surface area contributed by atoms with Crippen LogP contribution in [0.1, 0.15) is 28.4 Å². The molecule has 0 aliphatic carbocycles. The fraction of sp³-hybridized carbons (Fsp3) is 0.222. The summed E-state index contributed by atoms with van der Waals surface area (Å²) < 4.78 is 5.48. The highest BCUT2D eigenvalue weighted by Crippen LogP contribution is 2.42. The largest absolute Gasteiger partial charge is 0.494 e. The molecule has 0 fully saturated rings. The SMILES string of the molecule is CCOc1ccc2c(c1)NC(=O)C21NC(=O)c2cccc(C)c2N1. The lowest BCUT2D eigenvalue weighted by Gasteiger charge is -2.36. The van der Waals surface area contributed by atoms with Crippen LogP contribution in [0.2, 0.25) is 0 Å². The standard InChI is InChI=1S/C18H17N3O3/c1-3-24-11-7-8-13-14(9-11)19-17(23)18(13)20-15-10(2)5-4-6-12(15)16(22)21-18/h4-9,20H,3H2,1-2H3,(H,19,23)(H,21,22). The molecule has 0 saturated carbocycles. The zero-order valence-corrected chi connectivity index (χ0v) is 13.4. The lowest BCUT2D eigenvalue weighted by molar-refractivity contribution is -0.120. The van der Waals surface area contributed by atoms with Crippen molar-refractivity contribution in [1.29, 1.82) is 0 Å². The first-order valence-electron chi connectivity index (χ1n) is 7.84. The number of carbonyl (C=O) groups excluding carboxylic acids is 2. The van der Waals surface area contributed by atoms with Gasteiger partial charge in [0.05, 0.1) is 23.5 Å². The fourth-order valence-electron chi connectivity index (χ4n) is 3.28. The summed E-state index contributed by atoms with van der Waals surface area (Å²) in [4.78, 5) is 25.3. The molecule has 2 aliphatic heterocycles. The molecule has 2 heterocycles. The predicted molar refractivity (Wildman–Crippen MR) is 90.2 cm³/mol. The Bertz CT molecular complexity index is 878. The smallest absolute Gasteiger partial charge is 0.275 e. The average molecular weight is 323 g/mol. The van der Waals surface area contributed by atoms with Crippen molar-refractivity contribution >= 4 is 23.2 Å². The Balaban J connectivity index is 1.84. The van der Waals surface area contributed by atoms with Gasteiger partial charge in [-0.05, 0) is 37.6 Å². The topological polar surface area (TPSA) is 79.5 Å². The maximum Gasteiger partial charge on any atom is 0.275 e. The molecule has 0 saturated heterocycles. The van der Waals surface area contributed by atoms with Gasteiger partial charge in [-0.3, -0.25) is 9.59 Å². The monoisotopic (exact) mass is 323 g/mol. The summed E-state index contributed by atoms with van der Waals surface area (Å²) in [6.07, 6.45) is 0. The van der Waals surface area contributed by atoms with Crippen LogP contribution in [-0.2, 0) is 10.5 Å². The molecule has 2 aromatic carbocycles. The summed E-state index contributed by atoms with van der Waals surface area (Å²) in [5, 5.41) is 8.90. The molecule has 2 aromatic rings. The highest BCUT2D eigenvalue weighted by atomic mass is 16.5. The van der Waals surface area contributed by atoms with Crippen molar-refractivity contribution in [3.63, 3.8) is 0 Å². The third kappa shape index (κ3) is 1.89. The van der Waals surface area contributed by atoms with Gasteiger partial charge >= 0.3 is 0 Å². The summed E-state index contributed by atoms with van der Waals surface area (Å²) in [5.41, 5.74) is 2.14. The highest BCUT2D eigenvalue weighted by molar-refractivity contribution is 6.14. The van der Waals surface area contributed by atoms with Crippen LogP contribution >= 0.6 is 0 Å². The number of fused-ring (bicyclic) bond motifs is 3. The van der Waals surface area contributed by atoms with Crippen molar-refractivity contribution in [3.05, 3.63) is 53.1 Å². The zero-order chi connectivity index (χ0) is 16.9. The summed E-state index contributed by atoms with van der Waals surface area (Å²) in [6, 6.07) is 10.8. The normalized spacial score (nSPS) is 20.8. The van der Waals surface area contributed by atoms with E-state index in [1.807, 2.05) is 26.0 Å². The van der Waals surface area contributed by atoms with E-state index in [-0.39, 0.29) is 11.8 Å². The van der Waals surface area contributed by atoms with Crippen LogP contribution < -0.4 is 20.7 Å². The Morgan fingerprint density at radius 1 is 1.12 bits per heavy atom. The lowest BCUT2D eigenvalue weighted by Crippen LogP contribution is -2.59. The Hall–Kier alpha value is -3.02. The first kappa shape index (κ1) is 14.6. The molecule has 2 amide bonds. The first-order valence-corrected chi connectivity index (χ1v) is 7.84. The quantitative estimate of drug-likeness (QED) is 0.793. The summed E-state index contributed by atoms with van der Waals surface area (Å²) in [7, 11) is 0. The third-order valence-electron chi connectivity index (χ3n) is 4.43. The van der Waals surface area contributed by atoms with E-state index in [1.54, 1.807) is 24.3 Å². The molecule has 24 heavy (non-hydrogen) atoms. The van der Waals surface area contributed by atoms with Crippen molar-refractivity contribution in [1.82, 2.24) is 5.32 Å². The van der Waals surface area contributed by atoms with Gasteiger partial charge in [0.2, 0.25) is 5.66 Å². The van der Waals surface area contributed by atoms with Gasteiger partial charge in [0.1, 0.15) is 5.75 Å². The Labute approximate surface area is 139 Å². The number of para-hydroxylation sites is 1. The van der Waals surface area contributed by atoms with E-state index in [1.165, 1.54) is 0 Å². The van der Waals surface area contributed by atoms with Crippen molar-refractivity contribution in [2.24, 2.45) is 0 Å². The van der Waals surface area contributed by atoms with Crippen LogP contribution in [0.15, 0.2) is 36.4 Å². The number of benzene rings is 2. The van der Waals surface area contributed by atoms with Gasteiger partial charge in [0, 0.05) is 11.6 Å². The number of aryl methyl sites for hydroxylation is 1. The van der Waals surface area contributed by atoms with Crippen molar-refractivity contribution in [2.75, 3.05) is 17.2 Å². The number of ether oxygens (including phenoxy) is 1. The fourth-order valence-corrected chi connectivity index (χ4v) is 3.28. The second-order valence-electron chi connectivity index (χ2n) is 5.92. The van der Waals surface area contributed by atoms with Crippen LogP contribution in [0, 0.1) is 6.92 Å². The molecule has 122 valence electrons. The van der Waals surface area contributed by atoms with Gasteiger partial charge in [-0.25, -0.2) is 0 Å². The van der Waals surface area contributed by atoms with Gasteiger partial charge < -0.3 is 20.7 Å². The van der Waals surface area contributed by atoms with Crippen LogP contribution in [0.25, 0.3) is 0 Å². The molecule has 1 spiro atoms.